The maximum Gasteiger partial charge on any atom is 0.189 e. The van der Waals surface area contributed by atoms with Crippen molar-refractivity contribution in [2.24, 2.45) is 0 Å². The summed E-state index contributed by atoms with van der Waals surface area (Å²) in [5.41, 5.74) is 5.13. The molecular formula is C19H16O. The third-order valence-electron chi connectivity index (χ3n) is 3.53. The number of hydrogen-bond donors (Lipinski definition) is 0. The molecule has 0 N–H and O–H groups in total. The molecule has 0 aliphatic heterocycles. The molecule has 1 aliphatic rings. The van der Waals surface area contributed by atoms with Crippen LogP contribution in [0.1, 0.15) is 28.4 Å². The molecule has 0 bridgehead atoms. The van der Waals surface area contributed by atoms with Gasteiger partial charge in [-0.05, 0) is 18.1 Å². The number of carbonyl (C=O) groups excluding carboxylic acids is 1. The van der Waals surface area contributed by atoms with E-state index in [1.807, 2.05) is 55.5 Å². The summed E-state index contributed by atoms with van der Waals surface area (Å²) < 4.78 is 0. The monoisotopic (exact) mass is 260 g/mol. The number of fused-ring (bicyclic) bond motifs is 1. The van der Waals surface area contributed by atoms with Gasteiger partial charge in [0.25, 0.3) is 0 Å². The minimum absolute atomic E-state index is 0.168. The largest absolute Gasteiger partial charge is 0.289 e. The van der Waals surface area contributed by atoms with Crippen molar-refractivity contribution >= 4 is 11.9 Å². The summed E-state index contributed by atoms with van der Waals surface area (Å²) in [4.78, 5) is 12.3. The summed E-state index contributed by atoms with van der Waals surface area (Å²) in [5.74, 6) is 0.168. The lowest BCUT2D eigenvalue weighted by Gasteiger charge is -1.98. The predicted molar refractivity (Wildman–Crippen MR) is 82.7 cm³/mol. The van der Waals surface area contributed by atoms with Gasteiger partial charge >= 0.3 is 0 Å². The second-order valence-corrected chi connectivity index (χ2v) is 5.13. The van der Waals surface area contributed by atoms with Crippen molar-refractivity contribution in [3.63, 3.8) is 0 Å². The molecule has 1 nitrogen and oxygen atoms in total. The van der Waals surface area contributed by atoms with E-state index in [4.69, 9.17) is 0 Å². The van der Waals surface area contributed by atoms with Crippen LogP contribution in [0.15, 0.2) is 71.8 Å². The van der Waals surface area contributed by atoms with Gasteiger partial charge in [-0.3, -0.25) is 4.79 Å². The normalized spacial score (nSPS) is 16.6. The topological polar surface area (TPSA) is 17.1 Å². The molecule has 0 saturated carbocycles. The molecule has 0 unspecified atom stereocenters. The molecule has 0 atom stereocenters. The quantitative estimate of drug-likeness (QED) is 0.729. The number of ketones is 1. The molecule has 0 fully saturated rings. The Morgan fingerprint density at radius 3 is 2.45 bits per heavy atom. The molecule has 0 aromatic heterocycles. The van der Waals surface area contributed by atoms with E-state index in [2.05, 4.69) is 18.2 Å². The summed E-state index contributed by atoms with van der Waals surface area (Å²) in [6, 6.07) is 18.0. The Morgan fingerprint density at radius 1 is 1.00 bits per heavy atom. The molecule has 0 saturated heterocycles. The zero-order chi connectivity index (χ0) is 13.9. The van der Waals surface area contributed by atoms with Crippen molar-refractivity contribution in [1.82, 2.24) is 0 Å². The van der Waals surface area contributed by atoms with Gasteiger partial charge in [-0.1, -0.05) is 72.3 Å². The molecule has 2 aromatic carbocycles. The van der Waals surface area contributed by atoms with Crippen molar-refractivity contribution in [3.8, 4) is 0 Å². The number of allylic oxidation sites excluding steroid dienone is 3. The van der Waals surface area contributed by atoms with E-state index >= 15 is 0 Å². The number of hydrogen-bond acceptors (Lipinski definition) is 1. The summed E-state index contributed by atoms with van der Waals surface area (Å²) in [6.07, 6.45) is 4.85. The third kappa shape index (κ3) is 2.48. The van der Waals surface area contributed by atoms with E-state index in [-0.39, 0.29) is 5.78 Å². The predicted octanol–water partition coefficient (Wildman–Crippen LogP) is 4.46. The first-order chi connectivity index (χ1) is 9.74. The van der Waals surface area contributed by atoms with Crippen LogP contribution in [0.5, 0.6) is 0 Å². The Kier molecular flexibility index (Phi) is 3.34. The van der Waals surface area contributed by atoms with Gasteiger partial charge in [-0.25, -0.2) is 0 Å². The van der Waals surface area contributed by atoms with Crippen LogP contribution < -0.4 is 0 Å². The lowest BCUT2D eigenvalue weighted by molar-refractivity contribution is 0.103. The minimum atomic E-state index is 0.168. The van der Waals surface area contributed by atoms with Crippen molar-refractivity contribution in [1.29, 1.82) is 0 Å². The number of rotatable bonds is 2. The molecule has 0 spiro atoms. The van der Waals surface area contributed by atoms with E-state index in [1.54, 1.807) is 0 Å². The van der Waals surface area contributed by atoms with Crippen molar-refractivity contribution in [3.05, 3.63) is 88.5 Å². The van der Waals surface area contributed by atoms with Crippen LogP contribution in [-0.4, -0.2) is 5.78 Å². The Balaban J connectivity index is 1.88. The van der Waals surface area contributed by atoms with Gasteiger partial charge in [0.05, 0.1) is 0 Å². The van der Waals surface area contributed by atoms with Crippen LogP contribution in [0.2, 0.25) is 0 Å². The number of carbonyl (C=O) groups is 1. The summed E-state index contributed by atoms with van der Waals surface area (Å²) >= 11 is 0. The fourth-order valence-corrected chi connectivity index (χ4v) is 2.60. The molecule has 98 valence electrons. The van der Waals surface area contributed by atoms with Gasteiger partial charge in [0.15, 0.2) is 5.78 Å². The standard InChI is InChI=1S/C19H16O/c1-14(11-15-7-3-2-4-8-15)12-17-13-16-9-5-6-10-18(16)19(17)20/h2-12H,13H2,1H3/b14-11-,17-12+. The van der Waals surface area contributed by atoms with Crippen molar-refractivity contribution in [2.75, 3.05) is 0 Å². The fraction of sp³-hybridized carbons (Fsp3) is 0.105. The Morgan fingerprint density at radius 2 is 1.70 bits per heavy atom. The van der Waals surface area contributed by atoms with Gasteiger partial charge in [0, 0.05) is 17.6 Å². The van der Waals surface area contributed by atoms with Gasteiger partial charge in [-0.15, -0.1) is 0 Å². The second-order valence-electron chi connectivity index (χ2n) is 5.13. The molecule has 0 radical (unpaired) electrons. The minimum Gasteiger partial charge on any atom is -0.289 e. The Bertz CT molecular complexity index is 706. The molecule has 3 rings (SSSR count). The highest BCUT2D eigenvalue weighted by atomic mass is 16.1. The van der Waals surface area contributed by atoms with Gasteiger partial charge in [0.1, 0.15) is 0 Å². The lowest BCUT2D eigenvalue weighted by Crippen LogP contribution is -1.95. The maximum absolute atomic E-state index is 12.3. The van der Waals surface area contributed by atoms with Gasteiger partial charge in [-0.2, -0.15) is 0 Å². The van der Waals surface area contributed by atoms with Crippen LogP contribution in [0, 0.1) is 0 Å². The van der Waals surface area contributed by atoms with Crippen LogP contribution in [0.25, 0.3) is 6.08 Å². The van der Waals surface area contributed by atoms with E-state index in [0.717, 1.165) is 34.3 Å². The van der Waals surface area contributed by atoms with E-state index in [0.29, 0.717) is 0 Å². The lowest BCUT2D eigenvalue weighted by atomic mass is 10.1. The first-order valence-electron chi connectivity index (χ1n) is 6.80. The highest BCUT2D eigenvalue weighted by Crippen LogP contribution is 2.27. The smallest absolute Gasteiger partial charge is 0.189 e. The first kappa shape index (κ1) is 12.6. The van der Waals surface area contributed by atoms with E-state index in [9.17, 15) is 4.79 Å². The van der Waals surface area contributed by atoms with Crippen molar-refractivity contribution in [2.45, 2.75) is 13.3 Å². The summed E-state index contributed by atoms with van der Waals surface area (Å²) in [7, 11) is 0. The van der Waals surface area contributed by atoms with E-state index < -0.39 is 0 Å². The summed E-state index contributed by atoms with van der Waals surface area (Å²) in [6.45, 7) is 2.04. The van der Waals surface area contributed by atoms with E-state index in [1.165, 1.54) is 0 Å². The number of Topliss-reactive ketones (excluding diaryl/α,β-unsaturated/α-hetero) is 1. The fourth-order valence-electron chi connectivity index (χ4n) is 2.60. The van der Waals surface area contributed by atoms with Crippen LogP contribution in [-0.2, 0) is 6.42 Å². The molecule has 1 aliphatic carbocycles. The summed E-state index contributed by atoms with van der Waals surface area (Å²) in [5, 5.41) is 0. The van der Waals surface area contributed by atoms with Crippen LogP contribution in [0.4, 0.5) is 0 Å². The molecule has 20 heavy (non-hydrogen) atoms. The Hall–Kier alpha value is -2.41. The Labute approximate surface area is 119 Å². The molecule has 1 heteroatoms. The van der Waals surface area contributed by atoms with Gasteiger partial charge in [0.2, 0.25) is 0 Å². The first-order valence-corrected chi connectivity index (χ1v) is 6.80. The average Bonchev–Trinajstić information content (AvgIpc) is 2.77. The molecule has 0 amide bonds. The highest BCUT2D eigenvalue weighted by Gasteiger charge is 2.23. The highest BCUT2D eigenvalue weighted by molar-refractivity contribution is 6.13. The van der Waals surface area contributed by atoms with Crippen LogP contribution >= 0.6 is 0 Å². The zero-order valence-corrected chi connectivity index (χ0v) is 11.5. The second kappa shape index (κ2) is 5.30. The zero-order valence-electron chi connectivity index (χ0n) is 11.5. The SMILES string of the molecule is CC(=C/c1ccccc1)/C=C1\Cc2ccccc2C1=O. The molecule has 2 aromatic rings. The molecular weight excluding hydrogens is 244 g/mol. The molecule has 0 heterocycles. The van der Waals surface area contributed by atoms with Crippen molar-refractivity contribution < 1.29 is 4.79 Å². The number of benzene rings is 2. The average molecular weight is 260 g/mol. The van der Waals surface area contributed by atoms with Crippen LogP contribution in [0.3, 0.4) is 0 Å². The third-order valence-corrected chi connectivity index (χ3v) is 3.53. The maximum atomic E-state index is 12.3. The van der Waals surface area contributed by atoms with Gasteiger partial charge < -0.3 is 0 Å².